The minimum absolute atomic E-state index is 0.0292. The van der Waals surface area contributed by atoms with E-state index in [2.05, 4.69) is 18.1 Å². The molecule has 172 valence electrons. The highest BCUT2D eigenvalue weighted by atomic mass is 32.2. The van der Waals surface area contributed by atoms with Crippen molar-refractivity contribution in [3.8, 4) is 0 Å². The van der Waals surface area contributed by atoms with Gasteiger partial charge in [0.1, 0.15) is 17.3 Å². The third kappa shape index (κ3) is 6.68. The summed E-state index contributed by atoms with van der Waals surface area (Å²) in [6.07, 6.45) is -1.81. The fraction of sp³-hybridized carbons (Fsp3) is 0.600. The number of aryl methyl sites for hydroxylation is 1. The first kappa shape index (κ1) is 25.6. The molecule has 8 N–H and O–H groups in total. The average molecular weight is 513 g/mol. The van der Waals surface area contributed by atoms with E-state index in [9.17, 15) is 33.6 Å². The highest BCUT2D eigenvalue weighted by Crippen LogP contribution is 2.66. The number of rotatable bonds is 8. The lowest BCUT2D eigenvalue weighted by Crippen LogP contribution is -2.36. The van der Waals surface area contributed by atoms with Crippen molar-refractivity contribution >= 4 is 41.0 Å². The maximum Gasteiger partial charge on any atom is 0.490 e. The summed E-state index contributed by atoms with van der Waals surface area (Å²) in [4.78, 5) is 51.1. The number of aromatic nitrogens is 2. The summed E-state index contributed by atoms with van der Waals surface area (Å²) in [5.41, 5.74) is 5.11. The summed E-state index contributed by atoms with van der Waals surface area (Å²) >= 11 is 0.759. The predicted octanol–water partition coefficient (Wildman–Crippen LogP) is -1.19. The van der Waals surface area contributed by atoms with E-state index in [4.69, 9.17) is 20.4 Å². The molecule has 0 aromatic carbocycles. The Hall–Kier alpha value is -0.640. The molecule has 1 aliphatic heterocycles. The van der Waals surface area contributed by atoms with Crippen LogP contribution in [0, 0.1) is 6.92 Å². The SMILES string of the molecule is Cc1cn([C@@H]2S[C@H](COP(=O)(O)OP(=O)(O)OP(=O)(O)O)[C@@H](O)[C@H]2O)c(=O)nc1N. The maximum atomic E-state index is 12.0. The Balaban J connectivity index is 2.09. The number of nitrogens with two attached hydrogens (primary N) is 1. The lowest BCUT2D eigenvalue weighted by atomic mass is 10.1. The quantitative estimate of drug-likeness (QED) is 0.202. The Morgan fingerprint density at radius 3 is 2.30 bits per heavy atom. The van der Waals surface area contributed by atoms with Crippen LogP contribution in [0.25, 0.3) is 0 Å². The van der Waals surface area contributed by atoms with E-state index in [0.717, 1.165) is 16.3 Å². The van der Waals surface area contributed by atoms with Crippen molar-refractivity contribution in [2.24, 2.45) is 0 Å². The Morgan fingerprint density at radius 1 is 1.13 bits per heavy atom. The molecule has 1 saturated heterocycles. The molecule has 30 heavy (non-hydrogen) atoms. The molecule has 1 aliphatic rings. The van der Waals surface area contributed by atoms with Crippen molar-refractivity contribution in [3.05, 3.63) is 22.2 Å². The number of phosphoric ester groups is 1. The highest BCUT2D eigenvalue weighted by molar-refractivity contribution is 8.00. The summed E-state index contributed by atoms with van der Waals surface area (Å²) in [7, 11) is -16.6. The Bertz CT molecular complexity index is 997. The van der Waals surface area contributed by atoms with E-state index >= 15 is 0 Å². The van der Waals surface area contributed by atoms with Crippen LogP contribution < -0.4 is 11.4 Å². The smallest absolute Gasteiger partial charge is 0.389 e. The van der Waals surface area contributed by atoms with Gasteiger partial charge in [-0.3, -0.25) is 9.09 Å². The highest BCUT2D eigenvalue weighted by Gasteiger charge is 2.46. The molecule has 1 fully saturated rings. The van der Waals surface area contributed by atoms with Crippen LogP contribution >= 0.6 is 35.2 Å². The van der Waals surface area contributed by atoms with Crippen LogP contribution in [0.1, 0.15) is 10.9 Å². The number of hydrogen-bond donors (Lipinski definition) is 7. The number of hydrogen-bond acceptors (Lipinski definition) is 12. The topological polar surface area (TPSA) is 261 Å². The number of nitrogens with zero attached hydrogens (tertiary/aromatic N) is 2. The van der Waals surface area contributed by atoms with Crippen molar-refractivity contribution < 1.29 is 56.6 Å². The molecule has 0 aliphatic carbocycles. The number of aliphatic hydroxyl groups is 2. The van der Waals surface area contributed by atoms with E-state index in [1.807, 2.05) is 0 Å². The van der Waals surface area contributed by atoms with Crippen LogP contribution in [-0.4, -0.2) is 63.4 Å². The zero-order valence-electron chi connectivity index (χ0n) is 14.9. The number of nitrogen functional groups attached to an aromatic ring is 1. The van der Waals surface area contributed by atoms with E-state index < -0.39 is 58.6 Å². The summed E-state index contributed by atoms with van der Waals surface area (Å²) in [5.74, 6) is -0.0292. The first-order valence-electron chi connectivity index (χ1n) is 7.66. The van der Waals surface area contributed by atoms with Gasteiger partial charge in [-0.2, -0.15) is 13.6 Å². The van der Waals surface area contributed by atoms with Crippen LogP contribution in [0.15, 0.2) is 11.0 Å². The van der Waals surface area contributed by atoms with E-state index in [1.165, 1.54) is 6.20 Å². The van der Waals surface area contributed by atoms with Gasteiger partial charge in [0, 0.05) is 11.8 Å². The summed E-state index contributed by atoms with van der Waals surface area (Å²) in [6.45, 7) is 0.715. The van der Waals surface area contributed by atoms with Gasteiger partial charge in [0.05, 0.1) is 18.0 Å². The van der Waals surface area contributed by atoms with Gasteiger partial charge >= 0.3 is 29.2 Å². The standard InChI is InChI=1S/C10H18N3O13P3S/c1-4-2-13(10(16)12-8(4)11)9-7(15)6(14)5(30-9)3-24-28(20,21)26-29(22,23)25-27(17,18)19/h2,5-7,9,14-15H,3H2,1H3,(H,20,21)(H,22,23)(H2,11,12,16)(H2,17,18,19)/t5-,6-,7-,9-/m1/s1. The van der Waals surface area contributed by atoms with Gasteiger partial charge in [0.2, 0.25) is 0 Å². The minimum atomic E-state index is -5.69. The fourth-order valence-electron chi connectivity index (χ4n) is 2.33. The second-order valence-electron chi connectivity index (χ2n) is 5.93. The van der Waals surface area contributed by atoms with Gasteiger partial charge in [0.15, 0.2) is 0 Å². The first-order valence-corrected chi connectivity index (χ1v) is 13.1. The first-order chi connectivity index (χ1) is 13.5. The van der Waals surface area contributed by atoms with Crippen LogP contribution in [0.2, 0.25) is 0 Å². The van der Waals surface area contributed by atoms with Gasteiger partial charge < -0.3 is 35.5 Å². The Morgan fingerprint density at radius 2 is 1.73 bits per heavy atom. The van der Waals surface area contributed by atoms with Gasteiger partial charge in [-0.15, -0.1) is 11.8 Å². The zero-order chi connectivity index (χ0) is 23.1. The molecule has 1 aromatic rings. The van der Waals surface area contributed by atoms with Crippen LogP contribution in [0.4, 0.5) is 5.82 Å². The van der Waals surface area contributed by atoms with Gasteiger partial charge in [-0.05, 0) is 6.92 Å². The maximum absolute atomic E-state index is 12.0. The molecule has 2 heterocycles. The molecule has 6 atom stereocenters. The molecule has 0 radical (unpaired) electrons. The number of aliphatic hydroxyl groups excluding tert-OH is 2. The molecular formula is C10H18N3O13P3S. The molecule has 0 spiro atoms. The molecule has 0 bridgehead atoms. The number of anilines is 1. The lowest BCUT2D eigenvalue weighted by molar-refractivity contribution is 0.00996. The van der Waals surface area contributed by atoms with Gasteiger partial charge in [-0.1, -0.05) is 0 Å². The fourth-order valence-corrected chi connectivity index (χ4v) is 6.90. The molecule has 2 unspecified atom stereocenters. The van der Waals surface area contributed by atoms with E-state index in [0.29, 0.717) is 5.56 Å². The summed E-state index contributed by atoms with van der Waals surface area (Å²) in [5, 5.41) is 18.1. The molecular weight excluding hydrogens is 495 g/mol. The summed E-state index contributed by atoms with van der Waals surface area (Å²) in [6, 6.07) is 0. The van der Waals surface area contributed by atoms with E-state index in [-0.39, 0.29) is 5.82 Å². The zero-order valence-corrected chi connectivity index (χ0v) is 18.4. The second-order valence-corrected chi connectivity index (χ2v) is 11.7. The van der Waals surface area contributed by atoms with Crippen molar-refractivity contribution in [1.29, 1.82) is 0 Å². The van der Waals surface area contributed by atoms with Crippen molar-refractivity contribution in [1.82, 2.24) is 9.55 Å². The third-order valence-corrected chi connectivity index (χ3v) is 8.95. The van der Waals surface area contributed by atoms with Gasteiger partial charge in [-0.25, -0.2) is 18.5 Å². The van der Waals surface area contributed by atoms with Crippen LogP contribution in [-0.2, 0) is 26.8 Å². The number of thioether (sulfide) groups is 1. The third-order valence-electron chi connectivity index (χ3n) is 3.60. The number of phosphoric acid groups is 3. The molecule has 0 saturated carbocycles. The molecule has 0 amide bonds. The van der Waals surface area contributed by atoms with Crippen LogP contribution in [0.3, 0.4) is 0 Å². The average Bonchev–Trinajstić information content (AvgIpc) is 2.81. The van der Waals surface area contributed by atoms with Crippen LogP contribution in [0.5, 0.6) is 0 Å². The van der Waals surface area contributed by atoms with Crippen molar-refractivity contribution in [2.75, 3.05) is 12.3 Å². The minimum Gasteiger partial charge on any atom is -0.389 e. The second kappa shape index (κ2) is 9.08. The molecule has 2 rings (SSSR count). The lowest BCUT2D eigenvalue weighted by Gasteiger charge is -2.19. The largest absolute Gasteiger partial charge is 0.490 e. The van der Waals surface area contributed by atoms with Crippen molar-refractivity contribution in [2.45, 2.75) is 29.8 Å². The predicted molar refractivity (Wildman–Crippen MR) is 99.9 cm³/mol. The van der Waals surface area contributed by atoms with Crippen molar-refractivity contribution in [3.63, 3.8) is 0 Å². The molecule has 20 heteroatoms. The normalized spacial score (nSPS) is 28.8. The Kier molecular flexibility index (Phi) is 7.75. The molecule has 16 nitrogen and oxygen atoms in total. The monoisotopic (exact) mass is 513 g/mol. The Labute approximate surface area is 172 Å². The summed E-state index contributed by atoms with van der Waals surface area (Å²) < 4.78 is 46.2. The van der Waals surface area contributed by atoms with E-state index in [1.54, 1.807) is 6.92 Å². The van der Waals surface area contributed by atoms with Gasteiger partial charge in [0.25, 0.3) is 0 Å². The molecule has 1 aromatic heterocycles.